The molecule has 0 aromatic carbocycles. The van der Waals surface area contributed by atoms with Gasteiger partial charge in [-0.3, -0.25) is 0 Å². The Bertz CT molecular complexity index is 79.9. The van der Waals surface area contributed by atoms with Crippen molar-refractivity contribution < 1.29 is 19.7 Å². The molecule has 0 saturated carbocycles. The van der Waals surface area contributed by atoms with E-state index in [1.807, 2.05) is 6.92 Å². The van der Waals surface area contributed by atoms with Gasteiger partial charge < -0.3 is 19.7 Å². The first-order valence-electron chi connectivity index (χ1n) is 4.22. The molecule has 1 unspecified atom stereocenters. The fourth-order valence-corrected chi connectivity index (χ4v) is 0.711. The summed E-state index contributed by atoms with van der Waals surface area (Å²) in [6.07, 6.45) is 0.688. The van der Waals surface area contributed by atoms with Crippen molar-refractivity contribution in [2.45, 2.75) is 64.0 Å². The highest BCUT2D eigenvalue weighted by Gasteiger charge is 2.00. The van der Waals surface area contributed by atoms with Crippen molar-refractivity contribution in [3.63, 3.8) is 0 Å². The SMILES string of the molecule is C.C.C.C.C.C.CC(COCCO)OCCCO. The van der Waals surface area contributed by atoms with Crippen molar-refractivity contribution in [1.82, 2.24) is 0 Å². The summed E-state index contributed by atoms with van der Waals surface area (Å²) in [5.41, 5.74) is 0. The van der Waals surface area contributed by atoms with Crippen LogP contribution in [0.1, 0.15) is 57.9 Å². The van der Waals surface area contributed by atoms with Gasteiger partial charge in [-0.1, -0.05) is 44.6 Å². The Morgan fingerprint density at radius 2 is 1.33 bits per heavy atom. The van der Waals surface area contributed by atoms with Gasteiger partial charge in [0.25, 0.3) is 0 Å². The van der Waals surface area contributed by atoms with E-state index in [1.54, 1.807) is 0 Å². The van der Waals surface area contributed by atoms with Crippen molar-refractivity contribution in [2.75, 3.05) is 33.0 Å². The molecule has 0 aromatic heterocycles. The fourth-order valence-electron chi connectivity index (χ4n) is 0.711. The highest BCUT2D eigenvalue weighted by Crippen LogP contribution is 1.93. The van der Waals surface area contributed by atoms with Gasteiger partial charge in [-0.2, -0.15) is 0 Å². The minimum absolute atomic E-state index is 0. The van der Waals surface area contributed by atoms with E-state index in [9.17, 15) is 0 Å². The average molecular weight is 274 g/mol. The summed E-state index contributed by atoms with van der Waals surface area (Å²) in [7, 11) is 0. The summed E-state index contributed by atoms with van der Waals surface area (Å²) in [6, 6.07) is 0. The molecule has 2 N–H and O–H groups in total. The number of rotatable bonds is 8. The number of ether oxygens (including phenoxy) is 2. The molecular weight excluding hydrogens is 232 g/mol. The van der Waals surface area contributed by atoms with Crippen LogP contribution < -0.4 is 0 Å². The van der Waals surface area contributed by atoms with Gasteiger partial charge in [-0.05, 0) is 13.3 Å². The van der Waals surface area contributed by atoms with Gasteiger partial charge in [0.05, 0.1) is 25.9 Å². The lowest BCUT2D eigenvalue weighted by atomic mass is 10.4. The third kappa shape index (κ3) is 36.0. The van der Waals surface area contributed by atoms with Crippen LogP contribution in [0.5, 0.6) is 0 Å². The summed E-state index contributed by atoms with van der Waals surface area (Å²) in [5.74, 6) is 0. The molecule has 0 aliphatic heterocycles. The molecule has 1 atom stereocenters. The third-order valence-corrected chi connectivity index (χ3v) is 1.29. The first-order valence-corrected chi connectivity index (χ1v) is 4.22. The summed E-state index contributed by atoms with van der Waals surface area (Å²) in [4.78, 5) is 0. The topological polar surface area (TPSA) is 58.9 Å². The van der Waals surface area contributed by atoms with E-state index >= 15 is 0 Å². The number of hydrogen-bond acceptors (Lipinski definition) is 4. The Morgan fingerprint density at radius 3 is 1.72 bits per heavy atom. The summed E-state index contributed by atoms with van der Waals surface area (Å²) in [6.45, 7) is 3.50. The Kier molecular flexibility index (Phi) is 86.0. The predicted octanol–water partition coefficient (Wildman–Crippen LogP) is 3.60. The molecule has 4 nitrogen and oxygen atoms in total. The molecule has 0 aliphatic rings. The molecule has 0 radical (unpaired) electrons. The van der Waals surface area contributed by atoms with E-state index in [1.165, 1.54) is 0 Å². The van der Waals surface area contributed by atoms with Crippen molar-refractivity contribution in [1.29, 1.82) is 0 Å². The summed E-state index contributed by atoms with van der Waals surface area (Å²) in [5, 5.41) is 16.8. The largest absolute Gasteiger partial charge is 0.396 e. The van der Waals surface area contributed by atoms with E-state index in [4.69, 9.17) is 19.7 Å². The van der Waals surface area contributed by atoms with Gasteiger partial charge in [0.15, 0.2) is 0 Å². The molecule has 0 aromatic rings. The van der Waals surface area contributed by atoms with Crippen LogP contribution in [0.15, 0.2) is 0 Å². The second-order valence-electron chi connectivity index (χ2n) is 2.56. The van der Waals surface area contributed by atoms with Crippen LogP contribution in [0.2, 0.25) is 0 Å². The summed E-state index contributed by atoms with van der Waals surface area (Å²) < 4.78 is 10.3. The molecule has 0 spiro atoms. The zero-order valence-electron chi connectivity index (χ0n) is 7.53. The van der Waals surface area contributed by atoms with E-state index < -0.39 is 0 Å². The van der Waals surface area contributed by atoms with Crippen LogP contribution in [-0.2, 0) is 9.47 Å². The van der Waals surface area contributed by atoms with E-state index in [2.05, 4.69) is 0 Å². The van der Waals surface area contributed by atoms with Crippen molar-refractivity contribution >= 4 is 0 Å². The minimum Gasteiger partial charge on any atom is -0.396 e. The Hall–Kier alpha value is -0.160. The van der Waals surface area contributed by atoms with Gasteiger partial charge >= 0.3 is 0 Å². The molecule has 0 bridgehead atoms. The molecule has 0 fully saturated rings. The summed E-state index contributed by atoms with van der Waals surface area (Å²) >= 11 is 0. The first kappa shape index (κ1) is 43.1. The molecule has 0 heterocycles. The van der Waals surface area contributed by atoms with Gasteiger partial charge in [-0.15, -0.1) is 0 Å². The van der Waals surface area contributed by atoms with E-state index in [0.717, 1.165) is 0 Å². The zero-order chi connectivity index (χ0) is 9.23. The van der Waals surface area contributed by atoms with E-state index in [-0.39, 0.29) is 63.9 Å². The van der Waals surface area contributed by atoms with Crippen molar-refractivity contribution in [2.24, 2.45) is 0 Å². The van der Waals surface area contributed by atoms with Crippen LogP contribution in [0.4, 0.5) is 0 Å². The van der Waals surface area contributed by atoms with Gasteiger partial charge in [0.1, 0.15) is 0 Å². The highest BCUT2D eigenvalue weighted by atomic mass is 16.5. The molecule has 0 amide bonds. The smallest absolute Gasteiger partial charge is 0.0780 e. The molecule has 0 rings (SSSR count). The monoisotopic (exact) mass is 274 g/mol. The van der Waals surface area contributed by atoms with Crippen molar-refractivity contribution in [3.05, 3.63) is 0 Å². The lowest BCUT2D eigenvalue weighted by molar-refractivity contribution is -0.0178. The quantitative estimate of drug-likeness (QED) is 0.664. The molecule has 18 heavy (non-hydrogen) atoms. The normalized spacial score (nSPS) is 8.83. The molecule has 4 heteroatoms. The standard InChI is InChI=1S/C8H18O4.6CH4/c1-8(7-11-6-4-10)12-5-2-3-9;;;;;;/h8-10H,2-7H2,1H3;6*1H4. The maximum Gasteiger partial charge on any atom is 0.0780 e. The average Bonchev–Trinajstić information content (AvgIpc) is 2.06. The van der Waals surface area contributed by atoms with Crippen LogP contribution in [-0.4, -0.2) is 49.4 Å². The van der Waals surface area contributed by atoms with Crippen LogP contribution in [0.25, 0.3) is 0 Å². The minimum atomic E-state index is 0. The number of aliphatic hydroxyl groups excluding tert-OH is 2. The highest BCUT2D eigenvalue weighted by molar-refractivity contribution is 4.46. The van der Waals surface area contributed by atoms with Crippen molar-refractivity contribution in [3.8, 4) is 0 Å². The van der Waals surface area contributed by atoms with Gasteiger partial charge in [-0.25, -0.2) is 0 Å². The third-order valence-electron chi connectivity index (χ3n) is 1.29. The Morgan fingerprint density at radius 1 is 0.833 bits per heavy atom. The predicted molar refractivity (Wildman–Crippen MR) is 85.4 cm³/mol. The number of hydrogen-bond donors (Lipinski definition) is 2. The van der Waals surface area contributed by atoms with Gasteiger partial charge in [0, 0.05) is 13.2 Å². The zero-order valence-corrected chi connectivity index (χ0v) is 7.53. The molecule has 122 valence electrons. The molecule has 0 saturated heterocycles. The first-order chi connectivity index (χ1) is 5.81. The lowest BCUT2D eigenvalue weighted by Gasteiger charge is -2.12. The van der Waals surface area contributed by atoms with Crippen LogP contribution in [0, 0.1) is 0 Å². The Balaban J connectivity index is -0.0000000403. The van der Waals surface area contributed by atoms with Gasteiger partial charge in [0.2, 0.25) is 0 Å². The molecule has 0 aliphatic carbocycles. The lowest BCUT2D eigenvalue weighted by Crippen LogP contribution is -2.18. The number of aliphatic hydroxyl groups is 2. The van der Waals surface area contributed by atoms with Crippen LogP contribution in [0.3, 0.4) is 0 Å². The molecular formula is C14H42O4. The fraction of sp³-hybridized carbons (Fsp3) is 1.00. The maximum atomic E-state index is 8.45. The Labute approximate surface area is 117 Å². The second-order valence-corrected chi connectivity index (χ2v) is 2.56. The maximum absolute atomic E-state index is 8.45. The second kappa shape index (κ2) is 36.0. The van der Waals surface area contributed by atoms with Crippen LogP contribution >= 0.6 is 0 Å². The van der Waals surface area contributed by atoms with E-state index in [0.29, 0.717) is 26.2 Å².